The lowest BCUT2D eigenvalue weighted by molar-refractivity contribution is 0.0773. The van der Waals surface area contributed by atoms with Crippen LogP contribution in [0.2, 0.25) is 0 Å². The topological polar surface area (TPSA) is 32.7 Å². The lowest BCUT2D eigenvalue weighted by atomic mass is 10.3. The number of ether oxygens (including phenoxy) is 1. The highest BCUT2D eigenvalue weighted by molar-refractivity contribution is 9.11. The summed E-state index contributed by atoms with van der Waals surface area (Å²) in [5, 5.41) is 10.7. The first-order valence-electron chi connectivity index (χ1n) is 4.82. The van der Waals surface area contributed by atoms with Crippen molar-refractivity contribution < 1.29 is 9.84 Å². The molecule has 3 nitrogen and oxygen atoms in total. The maximum Gasteiger partial charge on any atom is 0.0701 e. The first-order chi connectivity index (χ1) is 7.22. The molecule has 0 aliphatic carbocycles. The van der Waals surface area contributed by atoms with Crippen LogP contribution in [-0.4, -0.2) is 43.4 Å². The Labute approximate surface area is 103 Å². The van der Waals surface area contributed by atoms with Gasteiger partial charge in [-0.05, 0) is 40.0 Å². The third-order valence-electron chi connectivity index (χ3n) is 1.93. The second-order valence-electron chi connectivity index (χ2n) is 3.33. The van der Waals surface area contributed by atoms with Crippen molar-refractivity contribution in [1.29, 1.82) is 0 Å². The number of thiophene rings is 1. The first-order valence-corrected chi connectivity index (χ1v) is 6.49. The highest BCUT2D eigenvalue weighted by Crippen LogP contribution is 2.21. The van der Waals surface area contributed by atoms with Crippen LogP contribution in [0.4, 0.5) is 0 Å². The van der Waals surface area contributed by atoms with Crippen molar-refractivity contribution in [2.24, 2.45) is 0 Å². The maximum atomic E-state index is 8.53. The summed E-state index contributed by atoms with van der Waals surface area (Å²) in [7, 11) is 2.06. The molecule has 0 aromatic carbocycles. The summed E-state index contributed by atoms with van der Waals surface area (Å²) in [6, 6.07) is 2.13. The van der Waals surface area contributed by atoms with Crippen molar-refractivity contribution in [1.82, 2.24) is 4.90 Å². The third kappa shape index (κ3) is 5.63. The minimum atomic E-state index is 0.0984. The third-order valence-corrected chi connectivity index (χ3v) is 3.48. The number of aliphatic hydroxyl groups excluding tert-OH is 1. The van der Waals surface area contributed by atoms with Gasteiger partial charge in [0.25, 0.3) is 0 Å². The van der Waals surface area contributed by atoms with Crippen molar-refractivity contribution in [3.8, 4) is 0 Å². The molecular weight excluding hydrogens is 278 g/mol. The fourth-order valence-electron chi connectivity index (χ4n) is 1.21. The van der Waals surface area contributed by atoms with E-state index in [4.69, 9.17) is 9.84 Å². The van der Waals surface area contributed by atoms with Crippen molar-refractivity contribution in [2.75, 3.05) is 33.4 Å². The molecule has 0 radical (unpaired) electrons. The van der Waals surface area contributed by atoms with E-state index in [0.29, 0.717) is 13.2 Å². The van der Waals surface area contributed by atoms with Gasteiger partial charge in [-0.1, -0.05) is 0 Å². The Kier molecular flexibility index (Phi) is 6.43. The van der Waals surface area contributed by atoms with Gasteiger partial charge in [-0.25, -0.2) is 0 Å². The molecule has 1 aromatic heterocycles. The normalized spacial score (nSPS) is 11.2. The molecule has 86 valence electrons. The van der Waals surface area contributed by atoms with Gasteiger partial charge in [0.1, 0.15) is 0 Å². The Morgan fingerprint density at radius 1 is 1.53 bits per heavy atom. The molecule has 1 aromatic rings. The molecule has 5 heteroatoms. The lowest BCUT2D eigenvalue weighted by Gasteiger charge is -2.15. The molecule has 1 N–H and O–H groups in total. The SMILES string of the molecule is CN(CCOCCO)Cc1csc(Br)c1. The zero-order valence-corrected chi connectivity index (χ0v) is 11.2. The molecule has 0 bridgehead atoms. The van der Waals surface area contributed by atoms with Gasteiger partial charge in [-0.15, -0.1) is 11.3 Å². The quantitative estimate of drug-likeness (QED) is 0.780. The van der Waals surface area contributed by atoms with E-state index in [9.17, 15) is 0 Å². The Morgan fingerprint density at radius 3 is 2.93 bits per heavy atom. The fraction of sp³-hybridized carbons (Fsp3) is 0.600. The number of halogens is 1. The summed E-state index contributed by atoms with van der Waals surface area (Å²) in [5.74, 6) is 0. The van der Waals surface area contributed by atoms with E-state index in [2.05, 4.69) is 39.3 Å². The predicted molar refractivity (Wildman–Crippen MR) is 66.3 cm³/mol. The zero-order valence-electron chi connectivity index (χ0n) is 8.78. The fourth-order valence-corrected chi connectivity index (χ4v) is 2.41. The highest BCUT2D eigenvalue weighted by Gasteiger charge is 2.02. The average molecular weight is 294 g/mol. The van der Waals surface area contributed by atoms with Gasteiger partial charge < -0.3 is 9.84 Å². The van der Waals surface area contributed by atoms with Gasteiger partial charge in [0.05, 0.1) is 23.6 Å². The second-order valence-corrected chi connectivity index (χ2v) is 5.62. The van der Waals surface area contributed by atoms with Crippen LogP contribution in [0, 0.1) is 0 Å². The Bertz CT molecular complexity index is 280. The van der Waals surface area contributed by atoms with E-state index in [-0.39, 0.29) is 6.61 Å². The van der Waals surface area contributed by atoms with Crippen molar-refractivity contribution in [2.45, 2.75) is 6.54 Å². The first kappa shape index (κ1) is 13.1. The summed E-state index contributed by atoms with van der Waals surface area (Å²) < 4.78 is 6.37. The lowest BCUT2D eigenvalue weighted by Crippen LogP contribution is -2.23. The van der Waals surface area contributed by atoms with E-state index in [1.165, 1.54) is 9.35 Å². The van der Waals surface area contributed by atoms with E-state index in [0.717, 1.165) is 13.1 Å². The van der Waals surface area contributed by atoms with Crippen molar-refractivity contribution in [3.05, 3.63) is 20.8 Å². The van der Waals surface area contributed by atoms with Gasteiger partial charge in [-0.3, -0.25) is 4.90 Å². The van der Waals surface area contributed by atoms with Gasteiger partial charge >= 0.3 is 0 Å². The van der Waals surface area contributed by atoms with E-state index in [1.54, 1.807) is 11.3 Å². The predicted octanol–water partition coefficient (Wildman–Crippen LogP) is 1.95. The summed E-state index contributed by atoms with van der Waals surface area (Å²) >= 11 is 5.15. The van der Waals surface area contributed by atoms with Gasteiger partial charge in [0.2, 0.25) is 0 Å². The molecule has 0 amide bonds. The Hall–Kier alpha value is 0.0600. The smallest absolute Gasteiger partial charge is 0.0701 e. The summed E-state index contributed by atoms with van der Waals surface area (Å²) in [4.78, 5) is 2.20. The summed E-state index contributed by atoms with van der Waals surface area (Å²) in [6.45, 7) is 3.01. The van der Waals surface area contributed by atoms with Crippen molar-refractivity contribution in [3.63, 3.8) is 0 Å². The van der Waals surface area contributed by atoms with Crippen LogP contribution in [0.25, 0.3) is 0 Å². The van der Waals surface area contributed by atoms with Crippen LogP contribution in [-0.2, 0) is 11.3 Å². The minimum absolute atomic E-state index is 0.0984. The Balaban J connectivity index is 2.15. The molecule has 0 spiro atoms. The second kappa shape index (κ2) is 7.35. The van der Waals surface area contributed by atoms with Crippen LogP contribution in [0.15, 0.2) is 15.2 Å². The molecule has 15 heavy (non-hydrogen) atoms. The molecular formula is C10H16BrNO2S. The van der Waals surface area contributed by atoms with E-state index < -0.39 is 0 Å². The summed E-state index contributed by atoms with van der Waals surface area (Å²) in [5.41, 5.74) is 1.32. The zero-order chi connectivity index (χ0) is 11.1. The minimum Gasteiger partial charge on any atom is -0.394 e. The molecule has 0 fully saturated rings. The largest absolute Gasteiger partial charge is 0.394 e. The van der Waals surface area contributed by atoms with Gasteiger partial charge in [0.15, 0.2) is 0 Å². The summed E-state index contributed by atoms with van der Waals surface area (Å²) in [6.07, 6.45) is 0. The van der Waals surface area contributed by atoms with Crippen LogP contribution >= 0.6 is 27.3 Å². The Morgan fingerprint density at radius 2 is 2.33 bits per heavy atom. The molecule has 1 rings (SSSR count). The maximum absolute atomic E-state index is 8.53. The molecule has 0 saturated heterocycles. The standard InChI is InChI=1S/C10H16BrNO2S/c1-12(2-4-14-5-3-13)7-9-6-10(11)15-8-9/h6,8,13H,2-5,7H2,1H3. The van der Waals surface area contributed by atoms with Crippen LogP contribution < -0.4 is 0 Å². The highest BCUT2D eigenvalue weighted by atomic mass is 79.9. The van der Waals surface area contributed by atoms with E-state index in [1.807, 2.05) is 0 Å². The number of rotatable bonds is 7. The number of hydrogen-bond acceptors (Lipinski definition) is 4. The molecule has 0 saturated carbocycles. The number of nitrogens with zero attached hydrogens (tertiary/aromatic N) is 1. The molecule has 0 aliphatic rings. The monoisotopic (exact) mass is 293 g/mol. The molecule has 0 atom stereocenters. The van der Waals surface area contributed by atoms with Crippen LogP contribution in [0.5, 0.6) is 0 Å². The van der Waals surface area contributed by atoms with E-state index >= 15 is 0 Å². The van der Waals surface area contributed by atoms with Crippen LogP contribution in [0.1, 0.15) is 5.56 Å². The molecule has 0 unspecified atom stereocenters. The van der Waals surface area contributed by atoms with Gasteiger partial charge in [-0.2, -0.15) is 0 Å². The van der Waals surface area contributed by atoms with Gasteiger partial charge in [0, 0.05) is 13.1 Å². The number of likely N-dealkylation sites (N-methyl/N-ethyl adjacent to an activating group) is 1. The average Bonchev–Trinajstić information content (AvgIpc) is 2.59. The molecule has 1 heterocycles. The van der Waals surface area contributed by atoms with Crippen LogP contribution in [0.3, 0.4) is 0 Å². The number of aliphatic hydroxyl groups is 1. The van der Waals surface area contributed by atoms with Crippen molar-refractivity contribution >= 4 is 27.3 Å². The number of hydrogen-bond donors (Lipinski definition) is 1. The molecule has 0 aliphatic heterocycles.